The first-order valence-electron chi connectivity index (χ1n) is 5.36. The fourth-order valence-corrected chi connectivity index (χ4v) is 2.06. The van der Waals surface area contributed by atoms with Gasteiger partial charge in [-0.1, -0.05) is 12.1 Å². The average molecular weight is 209 g/mol. The van der Waals surface area contributed by atoms with E-state index in [1.165, 1.54) is 12.1 Å². The Morgan fingerprint density at radius 1 is 1.33 bits per heavy atom. The monoisotopic (exact) mass is 209 g/mol. The molecule has 1 aliphatic heterocycles. The lowest BCUT2D eigenvalue weighted by molar-refractivity contribution is 0.0583. The molecule has 0 amide bonds. The summed E-state index contributed by atoms with van der Waals surface area (Å²) in [5.41, 5.74) is 7.01. The summed E-state index contributed by atoms with van der Waals surface area (Å²) < 4.78 is 18.3. The van der Waals surface area contributed by atoms with Crippen LogP contribution in [0, 0.1) is 11.7 Å². The number of hydrogen-bond acceptors (Lipinski definition) is 2. The Kier molecular flexibility index (Phi) is 3.34. The summed E-state index contributed by atoms with van der Waals surface area (Å²) in [6, 6.07) is 6.51. The van der Waals surface area contributed by atoms with Gasteiger partial charge in [0.2, 0.25) is 0 Å². The second-order valence-electron chi connectivity index (χ2n) is 4.03. The van der Waals surface area contributed by atoms with Gasteiger partial charge in [-0.3, -0.25) is 0 Å². The van der Waals surface area contributed by atoms with E-state index in [4.69, 9.17) is 10.5 Å². The van der Waals surface area contributed by atoms with Crippen molar-refractivity contribution in [1.29, 1.82) is 0 Å². The Morgan fingerprint density at radius 2 is 2.07 bits per heavy atom. The molecule has 15 heavy (non-hydrogen) atoms. The maximum absolute atomic E-state index is 13.0. The topological polar surface area (TPSA) is 35.2 Å². The third-order valence-corrected chi connectivity index (χ3v) is 3.01. The van der Waals surface area contributed by atoms with Crippen LogP contribution in [-0.2, 0) is 4.74 Å². The summed E-state index contributed by atoms with van der Waals surface area (Å²) in [6.45, 7) is 1.54. The molecule has 1 fully saturated rings. The summed E-state index contributed by atoms with van der Waals surface area (Å²) in [5, 5.41) is 0. The first-order chi connectivity index (χ1) is 7.27. The molecular weight excluding hydrogens is 193 g/mol. The van der Waals surface area contributed by atoms with Gasteiger partial charge in [0.05, 0.1) is 0 Å². The highest BCUT2D eigenvalue weighted by Gasteiger charge is 2.22. The predicted octanol–water partition coefficient (Wildman–Crippen LogP) is 2.25. The zero-order valence-electron chi connectivity index (χ0n) is 8.66. The Bertz CT molecular complexity index is 323. The van der Waals surface area contributed by atoms with Crippen LogP contribution in [0.25, 0.3) is 0 Å². The van der Waals surface area contributed by atoms with Gasteiger partial charge in [0, 0.05) is 19.3 Å². The fraction of sp³-hybridized carbons (Fsp3) is 0.500. The van der Waals surface area contributed by atoms with Crippen LogP contribution in [0.4, 0.5) is 4.39 Å². The summed E-state index contributed by atoms with van der Waals surface area (Å²) in [5.74, 6) is 0.204. The third kappa shape index (κ3) is 2.55. The Labute approximate surface area is 89.2 Å². The molecule has 2 N–H and O–H groups in total. The molecule has 1 saturated heterocycles. The Balaban J connectivity index is 2.08. The van der Waals surface area contributed by atoms with Crippen LogP contribution in [0.1, 0.15) is 24.4 Å². The Morgan fingerprint density at radius 3 is 2.73 bits per heavy atom. The van der Waals surface area contributed by atoms with Gasteiger partial charge in [0.1, 0.15) is 5.82 Å². The molecule has 0 bridgehead atoms. The van der Waals surface area contributed by atoms with Crippen molar-refractivity contribution in [2.24, 2.45) is 11.7 Å². The minimum Gasteiger partial charge on any atom is -0.381 e. The lowest BCUT2D eigenvalue weighted by Crippen LogP contribution is -2.27. The van der Waals surface area contributed by atoms with Crippen molar-refractivity contribution in [1.82, 2.24) is 0 Å². The normalized spacial score (nSPS) is 20.1. The van der Waals surface area contributed by atoms with E-state index in [0.717, 1.165) is 31.6 Å². The molecule has 0 aromatic heterocycles. The number of hydrogen-bond donors (Lipinski definition) is 1. The van der Waals surface area contributed by atoms with E-state index >= 15 is 0 Å². The zero-order chi connectivity index (χ0) is 10.7. The van der Waals surface area contributed by atoms with Gasteiger partial charge in [0.25, 0.3) is 0 Å². The van der Waals surface area contributed by atoms with Gasteiger partial charge in [-0.25, -0.2) is 4.39 Å². The molecule has 2 rings (SSSR count). The lowest BCUT2D eigenvalue weighted by Gasteiger charge is -2.27. The van der Waals surface area contributed by atoms with Crippen molar-refractivity contribution in [2.45, 2.75) is 18.9 Å². The smallest absolute Gasteiger partial charge is 0.123 e. The fourth-order valence-electron chi connectivity index (χ4n) is 2.06. The molecule has 0 aliphatic carbocycles. The molecule has 1 heterocycles. The van der Waals surface area contributed by atoms with E-state index in [0.29, 0.717) is 5.92 Å². The molecule has 1 aromatic carbocycles. The van der Waals surface area contributed by atoms with E-state index in [2.05, 4.69) is 0 Å². The highest BCUT2D eigenvalue weighted by molar-refractivity contribution is 5.20. The summed E-state index contributed by atoms with van der Waals surface area (Å²) in [7, 11) is 0. The van der Waals surface area contributed by atoms with Gasteiger partial charge in [-0.2, -0.15) is 0 Å². The minimum atomic E-state index is -0.213. The minimum absolute atomic E-state index is 0.0652. The van der Waals surface area contributed by atoms with Crippen LogP contribution in [0.2, 0.25) is 0 Å². The highest BCUT2D eigenvalue weighted by atomic mass is 19.1. The number of rotatable bonds is 2. The van der Waals surface area contributed by atoms with Crippen LogP contribution in [-0.4, -0.2) is 13.2 Å². The highest BCUT2D eigenvalue weighted by Crippen LogP contribution is 2.28. The summed E-state index contributed by atoms with van der Waals surface area (Å²) in [6.07, 6.45) is 1.94. The summed E-state index contributed by atoms with van der Waals surface area (Å²) in [4.78, 5) is 0. The van der Waals surface area contributed by atoms with Crippen LogP contribution >= 0.6 is 0 Å². The van der Waals surface area contributed by atoms with Crippen molar-refractivity contribution < 1.29 is 9.13 Å². The number of ether oxygens (including phenoxy) is 1. The van der Waals surface area contributed by atoms with Gasteiger partial charge >= 0.3 is 0 Å². The maximum atomic E-state index is 13.0. The van der Waals surface area contributed by atoms with Crippen molar-refractivity contribution in [2.75, 3.05) is 13.2 Å². The van der Waals surface area contributed by atoms with Crippen molar-refractivity contribution in [3.05, 3.63) is 35.6 Å². The zero-order valence-corrected chi connectivity index (χ0v) is 8.66. The number of halogens is 1. The van der Waals surface area contributed by atoms with Crippen molar-refractivity contribution in [3.63, 3.8) is 0 Å². The summed E-state index contributed by atoms with van der Waals surface area (Å²) >= 11 is 0. The molecule has 1 aromatic rings. The predicted molar refractivity (Wildman–Crippen MR) is 56.9 cm³/mol. The molecule has 0 saturated carbocycles. The van der Waals surface area contributed by atoms with E-state index < -0.39 is 0 Å². The van der Waals surface area contributed by atoms with Gasteiger partial charge in [-0.15, -0.1) is 0 Å². The van der Waals surface area contributed by atoms with Crippen LogP contribution < -0.4 is 5.73 Å². The number of nitrogens with two attached hydrogens (primary N) is 1. The van der Waals surface area contributed by atoms with Crippen LogP contribution in [0.5, 0.6) is 0 Å². The molecule has 2 nitrogen and oxygen atoms in total. The standard InChI is InChI=1S/C12H16FNO/c13-11-3-1-2-10(8-11)12(14)9-4-6-15-7-5-9/h1-3,8-9,12H,4-7,14H2/t12-/m0/s1. The molecule has 0 radical (unpaired) electrons. The lowest BCUT2D eigenvalue weighted by atomic mass is 9.88. The van der Waals surface area contributed by atoms with E-state index in [-0.39, 0.29) is 11.9 Å². The van der Waals surface area contributed by atoms with Crippen molar-refractivity contribution >= 4 is 0 Å². The molecule has 0 spiro atoms. The molecule has 82 valence electrons. The van der Waals surface area contributed by atoms with Crippen LogP contribution in [0.3, 0.4) is 0 Å². The number of benzene rings is 1. The molecule has 0 unspecified atom stereocenters. The quantitative estimate of drug-likeness (QED) is 0.810. The average Bonchev–Trinajstić information content (AvgIpc) is 2.29. The maximum Gasteiger partial charge on any atom is 0.123 e. The molecular formula is C12H16FNO. The van der Waals surface area contributed by atoms with Crippen molar-refractivity contribution in [3.8, 4) is 0 Å². The van der Waals surface area contributed by atoms with Crippen LogP contribution in [0.15, 0.2) is 24.3 Å². The second kappa shape index (κ2) is 4.73. The van der Waals surface area contributed by atoms with Gasteiger partial charge in [0.15, 0.2) is 0 Å². The second-order valence-corrected chi connectivity index (χ2v) is 4.03. The molecule has 1 atom stereocenters. The SMILES string of the molecule is N[C@H](c1cccc(F)c1)C1CCOCC1. The van der Waals surface area contributed by atoms with Gasteiger partial charge < -0.3 is 10.5 Å². The van der Waals surface area contributed by atoms with Gasteiger partial charge in [-0.05, 0) is 36.5 Å². The molecule has 1 aliphatic rings. The van der Waals surface area contributed by atoms with E-state index in [1.54, 1.807) is 6.07 Å². The molecule has 3 heteroatoms. The largest absolute Gasteiger partial charge is 0.381 e. The first-order valence-corrected chi connectivity index (χ1v) is 5.36. The van der Waals surface area contributed by atoms with E-state index in [1.807, 2.05) is 6.07 Å². The Hall–Kier alpha value is -0.930. The third-order valence-electron chi connectivity index (χ3n) is 3.01. The van der Waals surface area contributed by atoms with E-state index in [9.17, 15) is 4.39 Å². The first kappa shape index (κ1) is 10.6.